The highest BCUT2D eigenvalue weighted by Gasteiger charge is 2.13. The summed E-state index contributed by atoms with van der Waals surface area (Å²) in [7, 11) is 0. The molecule has 0 bridgehead atoms. The van der Waals surface area contributed by atoms with Crippen molar-refractivity contribution < 1.29 is 4.79 Å². The molecule has 1 amide bonds. The number of aryl methyl sites for hydroxylation is 1. The van der Waals surface area contributed by atoms with Gasteiger partial charge >= 0.3 is 0 Å². The molecule has 1 aromatic rings. The molecule has 0 saturated heterocycles. The van der Waals surface area contributed by atoms with E-state index in [-0.39, 0.29) is 5.91 Å². The Balaban J connectivity index is 3.05. The van der Waals surface area contributed by atoms with E-state index in [9.17, 15) is 4.79 Å². The lowest BCUT2D eigenvalue weighted by Gasteiger charge is -2.14. The van der Waals surface area contributed by atoms with Gasteiger partial charge in [0.25, 0.3) is 5.91 Å². The number of nitrogens with one attached hydrogen (secondary N) is 1. The van der Waals surface area contributed by atoms with Crippen molar-refractivity contribution in [2.75, 3.05) is 0 Å². The van der Waals surface area contributed by atoms with Crippen LogP contribution in [0.4, 0.5) is 0 Å². The third-order valence-corrected chi connectivity index (χ3v) is 2.34. The van der Waals surface area contributed by atoms with Crippen molar-refractivity contribution >= 4 is 5.91 Å². The number of hydrazine groups is 1. The van der Waals surface area contributed by atoms with Crippen LogP contribution in [0.5, 0.6) is 0 Å². The molecule has 0 aliphatic heterocycles. The Labute approximate surface area is 90.4 Å². The van der Waals surface area contributed by atoms with E-state index in [4.69, 9.17) is 5.84 Å². The summed E-state index contributed by atoms with van der Waals surface area (Å²) >= 11 is 0. The summed E-state index contributed by atoms with van der Waals surface area (Å²) < 4.78 is 2.03. The number of carbonyl (C=O) groups excluding carboxylic acids is 1. The van der Waals surface area contributed by atoms with Crippen LogP contribution in [0.15, 0.2) is 12.1 Å². The summed E-state index contributed by atoms with van der Waals surface area (Å²) in [5.41, 5.74) is 3.98. The molecule has 0 fully saturated rings. The van der Waals surface area contributed by atoms with Gasteiger partial charge in [0.2, 0.25) is 0 Å². The average molecular weight is 209 g/mol. The Kier molecular flexibility index (Phi) is 3.91. The highest BCUT2D eigenvalue weighted by molar-refractivity contribution is 5.92. The fourth-order valence-electron chi connectivity index (χ4n) is 1.67. The van der Waals surface area contributed by atoms with Crippen LogP contribution >= 0.6 is 0 Å². The van der Waals surface area contributed by atoms with Crippen molar-refractivity contribution in [3.05, 3.63) is 23.5 Å². The first kappa shape index (κ1) is 11.8. The van der Waals surface area contributed by atoms with Crippen molar-refractivity contribution in [2.24, 2.45) is 11.8 Å². The van der Waals surface area contributed by atoms with E-state index in [0.29, 0.717) is 11.6 Å². The average Bonchev–Trinajstić information content (AvgIpc) is 2.59. The fraction of sp³-hybridized carbons (Fsp3) is 0.545. The molecule has 3 N–H and O–H groups in total. The first-order valence-corrected chi connectivity index (χ1v) is 5.29. The van der Waals surface area contributed by atoms with Crippen molar-refractivity contribution in [2.45, 2.75) is 33.7 Å². The SMILES string of the molecule is CCc1ccc(C(=O)NN)n1CC(C)C. The number of nitrogen functional groups attached to an aromatic ring is 1. The van der Waals surface area contributed by atoms with Crippen LogP contribution in [0.25, 0.3) is 0 Å². The Morgan fingerprint density at radius 2 is 2.20 bits per heavy atom. The molecule has 4 nitrogen and oxygen atoms in total. The zero-order valence-corrected chi connectivity index (χ0v) is 9.58. The number of carbonyl (C=O) groups is 1. The van der Waals surface area contributed by atoms with Gasteiger partial charge in [0.15, 0.2) is 0 Å². The van der Waals surface area contributed by atoms with E-state index in [1.54, 1.807) is 0 Å². The number of rotatable bonds is 4. The lowest BCUT2D eigenvalue weighted by atomic mass is 10.2. The quantitative estimate of drug-likeness (QED) is 0.446. The number of amides is 1. The smallest absolute Gasteiger partial charge is 0.281 e. The number of hydrogen-bond acceptors (Lipinski definition) is 2. The topological polar surface area (TPSA) is 60.1 Å². The van der Waals surface area contributed by atoms with Gasteiger partial charge in [0.05, 0.1) is 0 Å². The predicted octanol–water partition coefficient (Wildman–Crippen LogP) is 1.31. The van der Waals surface area contributed by atoms with Crippen molar-refractivity contribution in [1.29, 1.82) is 0 Å². The zero-order chi connectivity index (χ0) is 11.4. The van der Waals surface area contributed by atoms with Gasteiger partial charge in [0, 0.05) is 12.2 Å². The molecule has 0 aliphatic rings. The summed E-state index contributed by atoms with van der Waals surface area (Å²) in [4.78, 5) is 11.5. The summed E-state index contributed by atoms with van der Waals surface area (Å²) in [5, 5.41) is 0. The van der Waals surface area contributed by atoms with Gasteiger partial charge in [-0.1, -0.05) is 20.8 Å². The number of nitrogens with zero attached hydrogens (tertiary/aromatic N) is 1. The van der Waals surface area contributed by atoms with Gasteiger partial charge in [-0.2, -0.15) is 0 Å². The number of aromatic nitrogens is 1. The maximum atomic E-state index is 11.5. The third-order valence-electron chi connectivity index (χ3n) is 2.34. The van der Waals surface area contributed by atoms with Gasteiger partial charge < -0.3 is 4.57 Å². The zero-order valence-electron chi connectivity index (χ0n) is 9.58. The van der Waals surface area contributed by atoms with Gasteiger partial charge in [-0.25, -0.2) is 5.84 Å². The molecule has 15 heavy (non-hydrogen) atoms. The van der Waals surface area contributed by atoms with E-state index in [1.165, 1.54) is 5.69 Å². The van der Waals surface area contributed by atoms with Crippen LogP contribution in [0.2, 0.25) is 0 Å². The van der Waals surface area contributed by atoms with Gasteiger partial charge in [-0.15, -0.1) is 0 Å². The second kappa shape index (κ2) is 4.98. The lowest BCUT2D eigenvalue weighted by Crippen LogP contribution is -2.32. The third kappa shape index (κ3) is 2.59. The Bertz CT molecular complexity index is 342. The highest BCUT2D eigenvalue weighted by Crippen LogP contribution is 2.13. The molecule has 0 unspecified atom stereocenters. The monoisotopic (exact) mass is 209 g/mol. The van der Waals surface area contributed by atoms with Crippen LogP contribution < -0.4 is 11.3 Å². The predicted molar refractivity (Wildman–Crippen MR) is 60.3 cm³/mol. The van der Waals surface area contributed by atoms with Crippen LogP contribution in [0.3, 0.4) is 0 Å². The molecular weight excluding hydrogens is 190 g/mol. The normalized spacial score (nSPS) is 10.7. The van der Waals surface area contributed by atoms with Crippen molar-refractivity contribution in [1.82, 2.24) is 9.99 Å². The second-order valence-corrected chi connectivity index (χ2v) is 4.04. The van der Waals surface area contributed by atoms with Crippen LogP contribution in [0.1, 0.15) is 37.0 Å². The Morgan fingerprint density at radius 1 is 1.53 bits per heavy atom. The van der Waals surface area contributed by atoms with Gasteiger partial charge in [-0.3, -0.25) is 10.2 Å². The molecule has 1 rings (SSSR count). The van der Waals surface area contributed by atoms with Crippen LogP contribution in [-0.2, 0) is 13.0 Å². The summed E-state index contributed by atoms with van der Waals surface area (Å²) in [6.45, 7) is 7.18. The molecule has 1 heterocycles. The largest absolute Gasteiger partial charge is 0.340 e. The van der Waals surface area contributed by atoms with Gasteiger partial charge in [0.1, 0.15) is 5.69 Å². The highest BCUT2D eigenvalue weighted by atomic mass is 16.2. The number of nitrogens with two attached hydrogens (primary N) is 1. The first-order valence-electron chi connectivity index (χ1n) is 5.29. The molecule has 0 saturated carbocycles. The second-order valence-electron chi connectivity index (χ2n) is 4.04. The van der Waals surface area contributed by atoms with E-state index < -0.39 is 0 Å². The van der Waals surface area contributed by atoms with Crippen LogP contribution in [-0.4, -0.2) is 10.5 Å². The van der Waals surface area contributed by atoms with E-state index in [1.807, 2.05) is 16.7 Å². The molecule has 4 heteroatoms. The fourth-order valence-corrected chi connectivity index (χ4v) is 1.67. The van der Waals surface area contributed by atoms with E-state index in [2.05, 4.69) is 26.2 Å². The Hall–Kier alpha value is -1.29. The molecule has 0 atom stereocenters. The van der Waals surface area contributed by atoms with E-state index >= 15 is 0 Å². The molecular formula is C11H19N3O. The Morgan fingerprint density at radius 3 is 2.67 bits per heavy atom. The molecule has 84 valence electrons. The van der Waals surface area contributed by atoms with Crippen molar-refractivity contribution in [3.63, 3.8) is 0 Å². The maximum absolute atomic E-state index is 11.5. The van der Waals surface area contributed by atoms with Gasteiger partial charge in [-0.05, 0) is 24.5 Å². The molecule has 0 aliphatic carbocycles. The maximum Gasteiger partial charge on any atom is 0.281 e. The van der Waals surface area contributed by atoms with Crippen molar-refractivity contribution in [3.8, 4) is 0 Å². The molecule has 0 radical (unpaired) electrons. The minimum Gasteiger partial charge on any atom is -0.340 e. The van der Waals surface area contributed by atoms with Crippen LogP contribution in [0, 0.1) is 5.92 Å². The molecule has 1 aromatic heterocycles. The minimum absolute atomic E-state index is 0.227. The first-order chi connectivity index (χ1) is 7.10. The van der Waals surface area contributed by atoms with E-state index in [0.717, 1.165) is 13.0 Å². The molecule has 0 aromatic carbocycles. The molecule has 0 spiro atoms. The lowest BCUT2D eigenvalue weighted by molar-refractivity contribution is 0.0943. The number of hydrogen-bond donors (Lipinski definition) is 2. The summed E-state index contributed by atoms with van der Waals surface area (Å²) in [6, 6.07) is 3.80. The summed E-state index contributed by atoms with van der Waals surface area (Å²) in [6.07, 6.45) is 0.921. The minimum atomic E-state index is -0.227. The summed E-state index contributed by atoms with van der Waals surface area (Å²) in [5.74, 6) is 5.42. The standard InChI is InChI=1S/C11H19N3O/c1-4-9-5-6-10(11(15)13-12)14(9)7-8(2)3/h5-6,8H,4,7,12H2,1-3H3,(H,13,15).